The van der Waals surface area contributed by atoms with Crippen LogP contribution in [0.3, 0.4) is 0 Å². The largest absolute Gasteiger partial charge is 0.480 e. The molecule has 8 heteroatoms. The van der Waals surface area contributed by atoms with E-state index >= 15 is 0 Å². The van der Waals surface area contributed by atoms with E-state index < -0.39 is 18.0 Å². The molecular weight excluding hydrogens is 262 g/mol. The third-order valence-corrected chi connectivity index (χ3v) is 2.73. The van der Waals surface area contributed by atoms with E-state index in [1.54, 1.807) is 18.1 Å². The van der Waals surface area contributed by atoms with E-state index in [0.717, 1.165) is 12.8 Å². The fraction of sp³-hybridized carbons (Fsp3) is 0.667. The van der Waals surface area contributed by atoms with Crippen LogP contribution in [-0.2, 0) is 18.3 Å². The molecular formula is C12H21N5O3. The number of unbranched alkanes of at least 4 members (excludes halogenated alkanes) is 1. The van der Waals surface area contributed by atoms with E-state index in [-0.39, 0.29) is 0 Å². The Balaban J connectivity index is 2.28. The third-order valence-electron chi connectivity index (χ3n) is 2.73. The Kier molecular flexibility index (Phi) is 6.48. The van der Waals surface area contributed by atoms with E-state index in [0.29, 0.717) is 25.2 Å². The molecule has 0 radical (unpaired) electrons. The average Bonchev–Trinajstić information content (AvgIpc) is 2.80. The van der Waals surface area contributed by atoms with Crippen molar-refractivity contribution in [3.63, 3.8) is 0 Å². The maximum atomic E-state index is 11.6. The highest BCUT2D eigenvalue weighted by Gasteiger charge is 2.18. The number of hydrogen-bond donors (Lipinski definition) is 3. The second-order valence-corrected chi connectivity index (χ2v) is 4.52. The highest BCUT2D eigenvalue weighted by Crippen LogP contribution is 2.00. The first-order chi connectivity index (χ1) is 9.52. The molecule has 1 aromatic heterocycles. The number of rotatable bonds is 8. The van der Waals surface area contributed by atoms with E-state index in [4.69, 9.17) is 5.11 Å². The quantitative estimate of drug-likeness (QED) is 0.635. The Labute approximate surface area is 117 Å². The predicted molar refractivity (Wildman–Crippen MR) is 72.2 cm³/mol. The number of aryl methyl sites for hydroxylation is 1. The lowest BCUT2D eigenvalue weighted by atomic mass is 10.1. The third kappa shape index (κ3) is 5.68. The van der Waals surface area contributed by atoms with Gasteiger partial charge in [0, 0.05) is 20.0 Å². The second-order valence-electron chi connectivity index (χ2n) is 4.52. The Bertz CT molecular complexity index is 446. The lowest BCUT2D eigenvalue weighted by molar-refractivity contribution is -0.139. The van der Waals surface area contributed by atoms with Crippen LogP contribution in [0.2, 0.25) is 0 Å². The minimum absolute atomic E-state index is 0.357. The van der Waals surface area contributed by atoms with Crippen LogP contribution in [0, 0.1) is 0 Å². The summed E-state index contributed by atoms with van der Waals surface area (Å²) >= 11 is 0. The molecule has 0 spiro atoms. The van der Waals surface area contributed by atoms with Crippen molar-refractivity contribution < 1.29 is 14.7 Å². The summed E-state index contributed by atoms with van der Waals surface area (Å²) in [7, 11) is 1.77. The molecule has 1 atom stereocenters. The Morgan fingerprint density at radius 3 is 2.80 bits per heavy atom. The van der Waals surface area contributed by atoms with Gasteiger partial charge in [-0.1, -0.05) is 19.8 Å². The van der Waals surface area contributed by atoms with Gasteiger partial charge in [-0.25, -0.2) is 14.6 Å². The summed E-state index contributed by atoms with van der Waals surface area (Å²) in [6.45, 7) is 2.33. The summed E-state index contributed by atoms with van der Waals surface area (Å²) < 4.78 is 1.58. The molecule has 0 fully saturated rings. The Morgan fingerprint density at radius 1 is 1.50 bits per heavy atom. The molecule has 1 aromatic rings. The molecule has 0 saturated carbocycles. The molecule has 1 heterocycles. The number of nitrogens with one attached hydrogen (secondary N) is 2. The molecule has 0 aliphatic heterocycles. The molecule has 3 N–H and O–H groups in total. The van der Waals surface area contributed by atoms with E-state index in [1.165, 1.54) is 0 Å². The molecule has 112 valence electrons. The van der Waals surface area contributed by atoms with Gasteiger partial charge in [0.2, 0.25) is 0 Å². The lowest BCUT2D eigenvalue weighted by Gasteiger charge is -2.14. The van der Waals surface area contributed by atoms with Gasteiger partial charge in [0.25, 0.3) is 0 Å². The Morgan fingerprint density at radius 2 is 2.25 bits per heavy atom. The zero-order valence-electron chi connectivity index (χ0n) is 11.8. The summed E-state index contributed by atoms with van der Waals surface area (Å²) in [5.74, 6) is -0.381. The predicted octanol–water partition coefficient (Wildman–Crippen LogP) is 0.300. The molecule has 0 aliphatic rings. The highest BCUT2D eigenvalue weighted by atomic mass is 16.4. The summed E-state index contributed by atoms with van der Waals surface area (Å²) in [4.78, 5) is 26.6. The maximum Gasteiger partial charge on any atom is 0.326 e. The minimum Gasteiger partial charge on any atom is -0.480 e. The molecule has 1 rings (SSSR count). The lowest BCUT2D eigenvalue weighted by Crippen LogP contribution is -2.46. The van der Waals surface area contributed by atoms with Gasteiger partial charge in [0.05, 0.1) is 0 Å². The maximum absolute atomic E-state index is 11.6. The minimum atomic E-state index is -1.01. The SMILES string of the molecule is CCCC[C@H](NC(=O)NCCc1ncn(C)n1)C(=O)O. The summed E-state index contributed by atoms with van der Waals surface area (Å²) in [5, 5.41) is 18.1. The van der Waals surface area contributed by atoms with Gasteiger partial charge in [-0.05, 0) is 6.42 Å². The van der Waals surface area contributed by atoms with Crippen LogP contribution >= 0.6 is 0 Å². The summed E-state index contributed by atoms with van der Waals surface area (Å²) in [5.41, 5.74) is 0. The van der Waals surface area contributed by atoms with Gasteiger partial charge in [-0.15, -0.1) is 0 Å². The number of carbonyl (C=O) groups excluding carboxylic acids is 1. The summed E-state index contributed by atoms with van der Waals surface area (Å²) in [6, 6.07) is -1.33. The molecule has 0 unspecified atom stereocenters. The number of urea groups is 1. The number of carboxylic acid groups (broad SMARTS) is 1. The van der Waals surface area contributed by atoms with Gasteiger partial charge in [-0.3, -0.25) is 4.68 Å². The van der Waals surface area contributed by atoms with Gasteiger partial charge in [0.15, 0.2) is 5.82 Å². The van der Waals surface area contributed by atoms with E-state index in [2.05, 4.69) is 20.7 Å². The van der Waals surface area contributed by atoms with E-state index in [9.17, 15) is 9.59 Å². The van der Waals surface area contributed by atoms with Gasteiger partial charge in [0.1, 0.15) is 12.4 Å². The van der Waals surface area contributed by atoms with Crippen LogP contribution in [0.4, 0.5) is 4.79 Å². The molecule has 2 amide bonds. The van der Waals surface area contributed by atoms with Crippen molar-refractivity contribution in [2.45, 2.75) is 38.6 Å². The van der Waals surface area contributed by atoms with Crippen molar-refractivity contribution in [3.05, 3.63) is 12.2 Å². The van der Waals surface area contributed by atoms with E-state index in [1.807, 2.05) is 6.92 Å². The fourth-order valence-corrected chi connectivity index (χ4v) is 1.66. The van der Waals surface area contributed by atoms with Gasteiger partial charge >= 0.3 is 12.0 Å². The zero-order valence-corrected chi connectivity index (χ0v) is 11.8. The number of amides is 2. The zero-order chi connectivity index (χ0) is 15.0. The normalized spacial score (nSPS) is 11.9. The number of aromatic nitrogens is 3. The number of nitrogens with zero attached hydrogens (tertiary/aromatic N) is 3. The van der Waals surface area contributed by atoms with Crippen LogP contribution < -0.4 is 10.6 Å². The van der Waals surface area contributed by atoms with Crippen molar-refractivity contribution in [2.24, 2.45) is 7.05 Å². The molecule has 0 saturated heterocycles. The fourth-order valence-electron chi connectivity index (χ4n) is 1.66. The van der Waals surface area contributed by atoms with Crippen molar-refractivity contribution >= 4 is 12.0 Å². The van der Waals surface area contributed by atoms with Gasteiger partial charge in [-0.2, -0.15) is 5.10 Å². The molecule has 8 nitrogen and oxygen atoms in total. The molecule has 20 heavy (non-hydrogen) atoms. The molecule has 0 aromatic carbocycles. The van der Waals surface area contributed by atoms with Gasteiger partial charge < -0.3 is 15.7 Å². The van der Waals surface area contributed by atoms with Crippen LogP contribution in [-0.4, -0.2) is 44.5 Å². The second kappa shape index (κ2) is 8.13. The van der Waals surface area contributed by atoms with Crippen LogP contribution in [0.15, 0.2) is 6.33 Å². The van der Waals surface area contributed by atoms with Crippen LogP contribution in [0.25, 0.3) is 0 Å². The summed E-state index contributed by atoms with van der Waals surface area (Å²) in [6.07, 6.45) is 4.16. The van der Waals surface area contributed by atoms with Crippen molar-refractivity contribution in [3.8, 4) is 0 Å². The monoisotopic (exact) mass is 283 g/mol. The number of carboxylic acids is 1. The van der Waals surface area contributed by atoms with Crippen molar-refractivity contribution in [1.82, 2.24) is 25.4 Å². The smallest absolute Gasteiger partial charge is 0.326 e. The number of aliphatic carboxylic acids is 1. The molecule has 0 aliphatic carbocycles. The topological polar surface area (TPSA) is 109 Å². The van der Waals surface area contributed by atoms with Crippen molar-refractivity contribution in [1.29, 1.82) is 0 Å². The average molecular weight is 283 g/mol. The highest BCUT2D eigenvalue weighted by molar-refractivity contribution is 5.82. The Hall–Kier alpha value is -2.12. The first-order valence-corrected chi connectivity index (χ1v) is 6.64. The number of hydrogen-bond acceptors (Lipinski definition) is 4. The van der Waals surface area contributed by atoms with Crippen LogP contribution in [0.1, 0.15) is 32.0 Å². The first-order valence-electron chi connectivity index (χ1n) is 6.64. The van der Waals surface area contributed by atoms with Crippen molar-refractivity contribution in [2.75, 3.05) is 6.54 Å². The molecule has 0 bridgehead atoms. The number of carbonyl (C=O) groups is 2. The first kappa shape index (κ1) is 15.9. The van der Waals surface area contributed by atoms with Crippen LogP contribution in [0.5, 0.6) is 0 Å². The standard InChI is InChI=1S/C12H21N5O3/c1-3-4-5-9(11(18)19)15-12(20)13-7-6-10-14-8-17(2)16-10/h8-9H,3-7H2,1-2H3,(H,18,19)(H2,13,15,20)/t9-/m0/s1.